The Hall–Kier alpha value is -2.05. The Morgan fingerprint density at radius 3 is 2.71 bits per heavy atom. The van der Waals surface area contributed by atoms with Crippen molar-refractivity contribution >= 4 is 23.0 Å². The fraction of sp³-hybridized carbons (Fsp3) is 0.0769. The van der Waals surface area contributed by atoms with Crippen molar-refractivity contribution in [2.24, 2.45) is 0 Å². The monoisotopic (exact) mass is 243 g/mol. The molecular formula is C13H10ClN3. The van der Waals surface area contributed by atoms with Crippen molar-refractivity contribution in [1.29, 1.82) is 5.26 Å². The van der Waals surface area contributed by atoms with E-state index in [1.54, 1.807) is 12.3 Å². The first kappa shape index (κ1) is 11.4. The van der Waals surface area contributed by atoms with E-state index >= 15 is 0 Å². The molecule has 0 bridgehead atoms. The van der Waals surface area contributed by atoms with E-state index in [0.717, 1.165) is 16.9 Å². The maximum Gasteiger partial charge on any atom is 0.140 e. The van der Waals surface area contributed by atoms with Gasteiger partial charge in [0.2, 0.25) is 0 Å². The molecule has 2 rings (SSSR count). The SMILES string of the molecule is Cc1cc(Cl)ccc1Nc1ccc(C#N)nc1. The van der Waals surface area contributed by atoms with Crippen LogP contribution >= 0.6 is 11.6 Å². The van der Waals surface area contributed by atoms with Crippen LogP contribution in [0, 0.1) is 18.3 Å². The highest BCUT2D eigenvalue weighted by atomic mass is 35.5. The standard InChI is InChI=1S/C13H10ClN3/c1-9-6-10(14)2-5-13(9)17-12-4-3-11(7-15)16-8-12/h2-6,8,17H,1H3. The largest absolute Gasteiger partial charge is 0.354 e. The molecule has 0 radical (unpaired) electrons. The van der Waals surface area contributed by atoms with Gasteiger partial charge in [0.25, 0.3) is 0 Å². The Morgan fingerprint density at radius 1 is 1.29 bits per heavy atom. The lowest BCUT2D eigenvalue weighted by molar-refractivity contribution is 1.26. The molecule has 2 aromatic rings. The molecule has 0 aliphatic rings. The summed E-state index contributed by atoms with van der Waals surface area (Å²) >= 11 is 5.88. The van der Waals surface area contributed by atoms with E-state index in [1.807, 2.05) is 37.3 Å². The first-order valence-electron chi connectivity index (χ1n) is 5.08. The Kier molecular flexibility index (Phi) is 3.27. The summed E-state index contributed by atoms with van der Waals surface area (Å²) in [5.41, 5.74) is 3.28. The van der Waals surface area contributed by atoms with Gasteiger partial charge in [-0.2, -0.15) is 5.26 Å². The van der Waals surface area contributed by atoms with Crippen LogP contribution in [0.4, 0.5) is 11.4 Å². The number of benzene rings is 1. The number of rotatable bonds is 2. The number of aryl methyl sites for hydroxylation is 1. The molecule has 1 aromatic carbocycles. The minimum atomic E-state index is 0.406. The third kappa shape index (κ3) is 2.74. The molecule has 1 N–H and O–H groups in total. The molecule has 0 saturated heterocycles. The highest BCUT2D eigenvalue weighted by molar-refractivity contribution is 6.30. The van der Waals surface area contributed by atoms with Gasteiger partial charge in [-0.15, -0.1) is 0 Å². The Balaban J connectivity index is 2.23. The summed E-state index contributed by atoms with van der Waals surface area (Å²) in [6.07, 6.45) is 1.63. The first-order chi connectivity index (χ1) is 8.19. The fourth-order valence-electron chi connectivity index (χ4n) is 1.46. The fourth-order valence-corrected chi connectivity index (χ4v) is 1.68. The summed E-state index contributed by atoms with van der Waals surface area (Å²) in [5, 5.41) is 12.6. The van der Waals surface area contributed by atoms with E-state index in [2.05, 4.69) is 10.3 Å². The van der Waals surface area contributed by atoms with Gasteiger partial charge in [0.1, 0.15) is 11.8 Å². The lowest BCUT2D eigenvalue weighted by atomic mass is 10.2. The minimum Gasteiger partial charge on any atom is -0.354 e. The molecule has 0 aliphatic carbocycles. The van der Waals surface area contributed by atoms with Crippen LogP contribution in [0.25, 0.3) is 0 Å². The molecule has 17 heavy (non-hydrogen) atoms. The maximum absolute atomic E-state index is 8.65. The van der Waals surface area contributed by atoms with Crippen molar-refractivity contribution in [2.75, 3.05) is 5.32 Å². The van der Waals surface area contributed by atoms with Crippen LogP contribution in [0.1, 0.15) is 11.3 Å². The number of nitriles is 1. The topological polar surface area (TPSA) is 48.7 Å². The Labute approximate surface area is 105 Å². The zero-order valence-electron chi connectivity index (χ0n) is 9.24. The Bertz CT molecular complexity index is 570. The third-order valence-electron chi connectivity index (χ3n) is 2.35. The molecule has 0 spiro atoms. The van der Waals surface area contributed by atoms with E-state index in [4.69, 9.17) is 16.9 Å². The summed E-state index contributed by atoms with van der Waals surface area (Å²) in [6, 6.07) is 11.1. The molecule has 0 aliphatic heterocycles. The van der Waals surface area contributed by atoms with Crippen molar-refractivity contribution in [3.8, 4) is 6.07 Å². The summed E-state index contributed by atoms with van der Waals surface area (Å²) in [7, 11) is 0. The number of pyridine rings is 1. The minimum absolute atomic E-state index is 0.406. The summed E-state index contributed by atoms with van der Waals surface area (Å²) in [4.78, 5) is 3.99. The average Bonchev–Trinajstić information content (AvgIpc) is 2.34. The van der Waals surface area contributed by atoms with Crippen molar-refractivity contribution < 1.29 is 0 Å². The van der Waals surface area contributed by atoms with Crippen LogP contribution in [-0.4, -0.2) is 4.98 Å². The van der Waals surface area contributed by atoms with Crippen molar-refractivity contribution in [3.05, 3.63) is 52.8 Å². The van der Waals surface area contributed by atoms with E-state index in [9.17, 15) is 0 Å². The highest BCUT2D eigenvalue weighted by Gasteiger charge is 2.00. The lowest BCUT2D eigenvalue weighted by Gasteiger charge is -2.09. The molecule has 0 amide bonds. The van der Waals surface area contributed by atoms with Gasteiger partial charge >= 0.3 is 0 Å². The summed E-state index contributed by atoms with van der Waals surface area (Å²) < 4.78 is 0. The molecule has 0 saturated carbocycles. The normalized spacial score (nSPS) is 9.71. The molecule has 1 aromatic heterocycles. The van der Waals surface area contributed by atoms with E-state index in [0.29, 0.717) is 10.7 Å². The Morgan fingerprint density at radius 2 is 2.12 bits per heavy atom. The van der Waals surface area contributed by atoms with Gasteiger partial charge in [0.05, 0.1) is 11.9 Å². The van der Waals surface area contributed by atoms with E-state index < -0.39 is 0 Å². The van der Waals surface area contributed by atoms with Gasteiger partial charge in [-0.1, -0.05) is 11.6 Å². The molecule has 0 fully saturated rings. The van der Waals surface area contributed by atoms with Crippen LogP contribution < -0.4 is 5.32 Å². The lowest BCUT2D eigenvalue weighted by Crippen LogP contribution is -1.94. The number of halogens is 1. The number of nitrogens with one attached hydrogen (secondary N) is 1. The number of anilines is 2. The average molecular weight is 244 g/mol. The number of nitrogens with zero attached hydrogens (tertiary/aromatic N) is 2. The maximum atomic E-state index is 8.65. The first-order valence-corrected chi connectivity index (χ1v) is 5.46. The van der Waals surface area contributed by atoms with Gasteiger partial charge in [-0.25, -0.2) is 4.98 Å². The number of hydrogen-bond donors (Lipinski definition) is 1. The molecule has 3 nitrogen and oxygen atoms in total. The van der Waals surface area contributed by atoms with Gasteiger partial charge in [-0.3, -0.25) is 0 Å². The van der Waals surface area contributed by atoms with Gasteiger partial charge in [-0.05, 0) is 42.8 Å². The summed E-state index contributed by atoms with van der Waals surface area (Å²) in [5.74, 6) is 0. The van der Waals surface area contributed by atoms with Crippen LogP contribution in [0.15, 0.2) is 36.5 Å². The predicted octanol–water partition coefficient (Wildman–Crippen LogP) is 3.66. The van der Waals surface area contributed by atoms with Crippen molar-refractivity contribution in [2.45, 2.75) is 6.92 Å². The second kappa shape index (κ2) is 4.86. The van der Waals surface area contributed by atoms with Crippen LogP contribution in [-0.2, 0) is 0 Å². The quantitative estimate of drug-likeness (QED) is 0.876. The predicted molar refractivity (Wildman–Crippen MR) is 68.4 cm³/mol. The highest BCUT2D eigenvalue weighted by Crippen LogP contribution is 2.23. The number of hydrogen-bond acceptors (Lipinski definition) is 3. The van der Waals surface area contributed by atoms with Crippen LogP contribution in [0.2, 0.25) is 5.02 Å². The third-order valence-corrected chi connectivity index (χ3v) is 2.58. The smallest absolute Gasteiger partial charge is 0.140 e. The van der Waals surface area contributed by atoms with Gasteiger partial charge in [0.15, 0.2) is 0 Å². The van der Waals surface area contributed by atoms with Crippen molar-refractivity contribution in [3.63, 3.8) is 0 Å². The molecule has 0 atom stereocenters. The zero-order valence-corrected chi connectivity index (χ0v) is 9.99. The van der Waals surface area contributed by atoms with Gasteiger partial charge < -0.3 is 5.32 Å². The van der Waals surface area contributed by atoms with Crippen LogP contribution in [0.5, 0.6) is 0 Å². The molecule has 0 unspecified atom stereocenters. The number of aromatic nitrogens is 1. The second-order valence-electron chi connectivity index (χ2n) is 3.63. The van der Waals surface area contributed by atoms with Gasteiger partial charge in [0, 0.05) is 10.7 Å². The zero-order chi connectivity index (χ0) is 12.3. The molecular weight excluding hydrogens is 234 g/mol. The molecule has 4 heteroatoms. The molecule has 84 valence electrons. The summed E-state index contributed by atoms with van der Waals surface area (Å²) in [6.45, 7) is 1.98. The second-order valence-corrected chi connectivity index (χ2v) is 4.06. The molecule has 1 heterocycles. The van der Waals surface area contributed by atoms with Crippen molar-refractivity contribution in [1.82, 2.24) is 4.98 Å². The van der Waals surface area contributed by atoms with E-state index in [-0.39, 0.29) is 0 Å². The van der Waals surface area contributed by atoms with Crippen LogP contribution in [0.3, 0.4) is 0 Å². The van der Waals surface area contributed by atoms with E-state index in [1.165, 1.54) is 0 Å².